The molecule has 1 aromatic rings. The molecule has 18 heavy (non-hydrogen) atoms. The van der Waals surface area contributed by atoms with E-state index in [-0.39, 0.29) is 0 Å². The molecule has 2 atom stereocenters. The van der Waals surface area contributed by atoms with E-state index in [1.807, 2.05) is 6.07 Å². The molecule has 0 spiro atoms. The Morgan fingerprint density at radius 2 is 1.94 bits per heavy atom. The zero-order valence-corrected chi connectivity index (χ0v) is 11.3. The number of fused-ring (bicyclic) bond motifs is 1. The van der Waals surface area contributed by atoms with Crippen LogP contribution in [0, 0.1) is 5.41 Å². The summed E-state index contributed by atoms with van der Waals surface area (Å²) in [7, 11) is 0. The molecule has 0 radical (unpaired) electrons. The fourth-order valence-corrected chi connectivity index (χ4v) is 2.82. The van der Waals surface area contributed by atoms with Crippen molar-refractivity contribution >= 4 is 0 Å². The van der Waals surface area contributed by atoms with Gasteiger partial charge < -0.3 is 14.8 Å². The second kappa shape index (κ2) is 4.16. The number of hydrogen-bond acceptors (Lipinski definition) is 3. The minimum atomic E-state index is 0.324. The Labute approximate surface area is 108 Å². The van der Waals surface area contributed by atoms with Crippen LogP contribution in [0.5, 0.6) is 11.5 Å². The Hall–Kier alpha value is -1.22. The van der Waals surface area contributed by atoms with Gasteiger partial charge in [0.1, 0.15) is 0 Å². The van der Waals surface area contributed by atoms with E-state index in [0.29, 0.717) is 24.2 Å². The van der Waals surface area contributed by atoms with Crippen molar-refractivity contribution in [3.05, 3.63) is 23.8 Å². The van der Waals surface area contributed by atoms with Gasteiger partial charge in [-0.1, -0.05) is 26.8 Å². The molecule has 1 saturated heterocycles. The molecule has 1 N–H and O–H groups in total. The third-order valence-corrected chi connectivity index (χ3v) is 4.04. The number of ether oxygens (including phenoxy) is 2. The molecule has 0 amide bonds. The predicted octanol–water partition coefficient (Wildman–Crippen LogP) is 2.91. The maximum absolute atomic E-state index is 5.45. The van der Waals surface area contributed by atoms with Crippen LogP contribution in [-0.4, -0.2) is 19.4 Å². The summed E-state index contributed by atoms with van der Waals surface area (Å²) >= 11 is 0. The summed E-state index contributed by atoms with van der Waals surface area (Å²) in [6.07, 6.45) is 1.20. The fraction of sp³-hybridized carbons (Fsp3) is 0.600. The van der Waals surface area contributed by atoms with E-state index in [2.05, 4.69) is 38.2 Å². The molecule has 2 aliphatic heterocycles. The molecule has 0 saturated carbocycles. The van der Waals surface area contributed by atoms with Crippen LogP contribution in [-0.2, 0) is 0 Å². The van der Waals surface area contributed by atoms with E-state index >= 15 is 0 Å². The lowest BCUT2D eigenvalue weighted by molar-refractivity contribution is 0.174. The van der Waals surface area contributed by atoms with E-state index < -0.39 is 0 Å². The minimum Gasteiger partial charge on any atom is -0.454 e. The van der Waals surface area contributed by atoms with E-state index in [4.69, 9.17) is 9.47 Å². The van der Waals surface area contributed by atoms with Crippen molar-refractivity contribution < 1.29 is 9.47 Å². The molecule has 2 unspecified atom stereocenters. The summed E-state index contributed by atoms with van der Waals surface area (Å²) < 4.78 is 10.8. The number of rotatable bonds is 1. The first-order valence-corrected chi connectivity index (χ1v) is 6.67. The molecule has 1 aromatic carbocycles. The number of benzene rings is 1. The minimum absolute atomic E-state index is 0.324. The molecule has 2 aliphatic rings. The molecule has 0 aliphatic carbocycles. The van der Waals surface area contributed by atoms with Crippen LogP contribution in [0.3, 0.4) is 0 Å². The van der Waals surface area contributed by atoms with E-state index in [1.54, 1.807) is 0 Å². The van der Waals surface area contributed by atoms with Gasteiger partial charge in [-0.25, -0.2) is 0 Å². The highest BCUT2D eigenvalue weighted by Gasteiger charge is 2.33. The van der Waals surface area contributed by atoms with Gasteiger partial charge in [-0.05, 0) is 35.4 Å². The van der Waals surface area contributed by atoms with Gasteiger partial charge in [-0.3, -0.25) is 0 Å². The molecular weight excluding hydrogens is 226 g/mol. The summed E-state index contributed by atoms with van der Waals surface area (Å²) in [6.45, 7) is 8.31. The SMILES string of the molecule is CC(C)(C)C1CC(c2ccc3c(c2)OCO3)CN1. The summed E-state index contributed by atoms with van der Waals surface area (Å²) in [5, 5.41) is 3.64. The Morgan fingerprint density at radius 1 is 1.17 bits per heavy atom. The molecular formula is C15H21NO2. The van der Waals surface area contributed by atoms with E-state index in [1.165, 1.54) is 12.0 Å². The predicted molar refractivity (Wildman–Crippen MR) is 71.2 cm³/mol. The number of nitrogens with one attached hydrogen (secondary N) is 1. The maximum atomic E-state index is 5.45. The van der Waals surface area contributed by atoms with Gasteiger partial charge in [0.05, 0.1) is 0 Å². The number of hydrogen-bond donors (Lipinski definition) is 1. The topological polar surface area (TPSA) is 30.5 Å². The van der Waals surface area contributed by atoms with Crippen molar-refractivity contribution in [2.75, 3.05) is 13.3 Å². The highest BCUT2D eigenvalue weighted by Crippen LogP contribution is 2.38. The van der Waals surface area contributed by atoms with Gasteiger partial charge in [0.25, 0.3) is 0 Å². The van der Waals surface area contributed by atoms with Gasteiger partial charge in [0.15, 0.2) is 11.5 Å². The van der Waals surface area contributed by atoms with E-state index in [0.717, 1.165) is 18.0 Å². The van der Waals surface area contributed by atoms with Crippen LogP contribution < -0.4 is 14.8 Å². The molecule has 0 aromatic heterocycles. The standard InChI is InChI=1S/C15H21NO2/c1-15(2,3)14-7-11(8-16-14)10-4-5-12-13(6-10)18-9-17-12/h4-6,11,14,16H,7-9H2,1-3H3. The van der Waals surface area contributed by atoms with Crippen molar-refractivity contribution in [2.24, 2.45) is 5.41 Å². The molecule has 3 rings (SSSR count). The Kier molecular flexibility index (Phi) is 2.74. The van der Waals surface area contributed by atoms with Crippen LogP contribution in [0.4, 0.5) is 0 Å². The van der Waals surface area contributed by atoms with Gasteiger partial charge in [-0.2, -0.15) is 0 Å². The third-order valence-electron chi connectivity index (χ3n) is 4.04. The maximum Gasteiger partial charge on any atom is 0.231 e. The molecule has 3 heteroatoms. The second-order valence-electron chi connectivity index (χ2n) is 6.37. The lowest BCUT2D eigenvalue weighted by Gasteiger charge is -2.27. The van der Waals surface area contributed by atoms with Crippen molar-refractivity contribution in [3.63, 3.8) is 0 Å². The van der Waals surface area contributed by atoms with Gasteiger partial charge in [0, 0.05) is 12.6 Å². The third kappa shape index (κ3) is 2.07. The second-order valence-corrected chi connectivity index (χ2v) is 6.37. The highest BCUT2D eigenvalue weighted by molar-refractivity contribution is 5.45. The fourth-order valence-electron chi connectivity index (χ4n) is 2.82. The van der Waals surface area contributed by atoms with Gasteiger partial charge in [-0.15, -0.1) is 0 Å². The molecule has 0 bridgehead atoms. The van der Waals surface area contributed by atoms with Crippen LogP contribution in [0.2, 0.25) is 0 Å². The summed E-state index contributed by atoms with van der Waals surface area (Å²) in [5.41, 5.74) is 1.68. The molecule has 98 valence electrons. The van der Waals surface area contributed by atoms with Crippen LogP contribution in [0.15, 0.2) is 18.2 Å². The first-order chi connectivity index (χ1) is 8.54. The van der Waals surface area contributed by atoms with Crippen molar-refractivity contribution in [1.82, 2.24) is 5.32 Å². The largest absolute Gasteiger partial charge is 0.454 e. The Bertz CT molecular complexity index is 450. The normalized spacial score (nSPS) is 26.6. The lowest BCUT2D eigenvalue weighted by atomic mass is 9.83. The first-order valence-electron chi connectivity index (χ1n) is 6.67. The molecule has 3 nitrogen and oxygen atoms in total. The van der Waals surface area contributed by atoms with Gasteiger partial charge in [0.2, 0.25) is 6.79 Å². The zero-order chi connectivity index (χ0) is 12.8. The zero-order valence-electron chi connectivity index (χ0n) is 11.3. The van der Waals surface area contributed by atoms with Crippen LogP contribution in [0.25, 0.3) is 0 Å². The van der Waals surface area contributed by atoms with Crippen LogP contribution >= 0.6 is 0 Å². The Balaban J connectivity index is 1.77. The summed E-state index contributed by atoms with van der Waals surface area (Å²) in [5.74, 6) is 2.35. The smallest absolute Gasteiger partial charge is 0.231 e. The van der Waals surface area contributed by atoms with Crippen molar-refractivity contribution in [1.29, 1.82) is 0 Å². The molecule has 2 heterocycles. The molecule has 1 fully saturated rings. The van der Waals surface area contributed by atoms with Crippen LogP contribution in [0.1, 0.15) is 38.7 Å². The van der Waals surface area contributed by atoms with E-state index in [9.17, 15) is 0 Å². The van der Waals surface area contributed by atoms with Crippen molar-refractivity contribution in [3.8, 4) is 11.5 Å². The quantitative estimate of drug-likeness (QED) is 0.827. The Morgan fingerprint density at radius 3 is 2.67 bits per heavy atom. The summed E-state index contributed by atoms with van der Waals surface area (Å²) in [6, 6.07) is 6.93. The highest BCUT2D eigenvalue weighted by atomic mass is 16.7. The average Bonchev–Trinajstić information content (AvgIpc) is 2.96. The van der Waals surface area contributed by atoms with Gasteiger partial charge >= 0.3 is 0 Å². The monoisotopic (exact) mass is 247 g/mol. The lowest BCUT2D eigenvalue weighted by Crippen LogP contribution is -2.34. The van der Waals surface area contributed by atoms with Crippen molar-refractivity contribution in [2.45, 2.75) is 39.2 Å². The summed E-state index contributed by atoms with van der Waals surface area (Å²) in [4.78, 5) is 0. The average molecular weight is 247 g/mol. The first kappa shape index (κ1) is 11.8.